The van der Waals surface area contributed by atoms with Crippen LogP contribution in [0.1, 0.15) is 0 Å². The molecule has 1 amide bonds. The Balaban J connectivity index is 1.49. The zero-order valence-electron chi connectivity index (χ0n) is 14.1. The maximum atomic E-state index is 12.2. The Kier molecular flexibility index (Phi) is 5.85. The molecule has 3 rings (SSSR count). The van der Waals surface area contributed by atoms with Crippen molar-refractivity contribution in [3.63, 3.8) is 0 Å². The normalized spacial score (nSPS) is 14.9. The average molecular weight is 419 g/mol. The summed E-state index contributed by atoms with van der Waals surface area (Å²) in [7, 11) is 0. The predicted octanol–water partition coefficient (Wildman–Crippen LogP) is 3.12. The minimum absolute atomic E-state index is 0.0410. The maximum Gasteiger partial charge on any atom is 0.269 e. The first-order valence-corrected chi connectivity index (χ1v) is 9.08. The van der Waals surface area contributed by atoms with Crippen LogP contribution in [0.15, 0.2) is 53.0 Å². The molecule has 1 N–H and O–H groups in total. The van der Waals surface area contributed by atoms with Gasteiger partial charge in [0.15, 0.2) is 0 Å². The number of nitrogens with one attached hydrogen (secondary N) is 1. The van der Waals surface area contributed by atoms with Gasteiger partial charge in [0.25, 0.3) is 5.69 Å². The molecule has 0 bridgehead atoms. The van der Waals surface area contributed by atoms with E-state index >= 15 is 0 Å². The van der Waals surface area contributed by atoms with Crippen molar-refractivity contribution in [3.05, 3.63) is 63.1 Å². The molecule has 0 atom stereocenters. The van der Waals surface area contributed by atoms with Gasteiger partial charge in [0.05, 0.1) is 17.2 Å². The van der Waals surface area contributed by atoms with Gasteiger partial charge in [0.1, 0.15) is 0 Å². The van der Waals surface area contributed by atoms with Gasteiger partial charge in [-0.1, -0.05) is 12.1 Å². The van der Waals surface area contributed by atoms with Crippen molar-refractivity contribution in [3.8, 4) is 0 Å². The van der Waals surface area contributed by atoms with E-state index in [0.29, 0.717) is 6.54 Å². The first-order chi connectivity index (χ1) is 12.5. The number of non-ortho nitro benzene ring substituents is 1. The van der Waals surface area contributed by atoms with Crippen molar-refractivity contribution >= 4 is 38.9 Å². The summed E-state index contributed by atoms with van der Waals surface area (Å²) >= 11 is 3.42. The summed E-state index contributed by atoms with van der Waals surface area (Å²) in [6.45, 7) is 3.43. The topological polar surface area (TPSA) is 78.7 Å². The standard InChI is InChI=1S/C18H19BrN4O3/c19-16-3-1-2-4-17(16)20-18(24)13-21-9-11-22(12-10-21)14-5-7-15(8-6-14)23(25)26/h1-8H,9-13H2,(H,20,24). The monoisotopic (exact) mass is 418 g/mol. The number of hydrogen-bond donors (Lipinski definition) is 1. The second kappa shape index (κ2) is 8.29. The average Bonchev–Trinajstić information content (AvgIpc) is 2.64. The molecule has 0 radical (unpaired) electrons. The third-order valence-corrected chi connectivity index (χ3v) is 5.00. The molecule has 1 saturated heterocycles. The minimum atomic E-state index is -0.397. The van der Waals surface area contributed by atoms with Crippen LogP contribution in [0.2, 0.25) is 0 Å². The molecular formula is C18H19BrN4O3. The quantitative estimate of drug-likeness (QED) is 0.595. The van der Waals surface area contributed by atoms with E-state index in [1.165, 1.54) is 12.1 Å². The summed E-state index contributed by atoms with van der Waals surface area (Å²) in [5.41, 5.74) is 1.83. The van der Waals surface area contributed by atoms with Crippen LogP contribution in [0, 0.1) is 10.1 Å². The van der Waals surface area contributed by atoms with E-state index in [1.807, 2.05) is 24.3 Å². The highest BCUT2D eigenvalue weighted by Crippen LogP contribution is 2.22. The highest BCUT2D eigenvalue weighted by atomic mass is 79.9. The molecule has 0 aliphatic carbocycles. The summed E-state index contributed by atoms with van der Waals surface area (Å²) in [5, 5.41) is 13.6. The van der Waals surface area contributed by atoms with Gasteiger partial charge in [0, 0.05) is 48.5 Å². The van der Waals surface area contributed by atoms with E-state index < -0.39 is 4.92 Å². The SMILES string of the molecule is O=C(CN1CCN(c2ccc([N+](=O)[O-])cc2)CC1)Nc1ccccc1Br. The van der Waals surface area contributed by atoms with Gasteiger partial charge in [-0.3, -0.25) is 19.8 Å². The molecule has 7 nitrogen and oxygen atoms in total. The van der Waals surface area contributed by atoms with E-state index in [1.54, 1.807) is 12.1 Å². The summed E-state index contributed by atoms with van der Waals surface area (Å²) < 4.78 is 0.858. The Labute approximate surface area is 159 Å². The van der Waals surface area contributed by atoms with Gasteiger partial charge in [0.2, 0.25) is 5.91 Å². The minimum Gasteiger partial charge on any atom is -0.369 e. The van der Waals surface area contributed by atoms with Gasteiger partial charge in [-0.2, -0.15) is 0 Å². The molecule has 0 aromatic heterocycles. The van der Waals surface area contributed by atoms with Crippen molar-refractivity contribution < 1.29 is 9.72 Å². The molecule has 26 heavy (non-hydrogen) atoms. The highest BCUT2D eigenvalue weighted by Gasteiger charge is 2.20. The van der Waals surface area contributed by atoms with Crippen molar-refractivity contribution in [2.24, 2.45) is 0 Å². The number of piperazine rings is 1. The molecule has 1 heterocycles. The number of benzene rings is 2. The van der Waals surface area contributed by atoms with E-state index in [-0.39, 0.29) is 11.6 Å². The Bertz CT molecular complexity index is 789. The molecule has 2 aromatic carbocycles. The van der Waals surface area contributed by atoms with Crippen LogP contribution in [-0.4, -0.2) is 48.5 Å². The number of nitro benzene ring substituents is 1. The van der Waals surface area contributed by atoms with Crippen molar-refractivity contribution in [2.75, 3.05) is 42.9 Å². The fraction of sp³-hybridized carbons (Fsp3) is 0.278. The number of anilines is 2. The van der Waals surface area contributed by atoms with Crippen molar-refractivity contribution in [1.29, 1.82) is 0 Å². The zero-order chi connectivity index (χ0) is 18.5. The van der Waals surface area contributed by atoms with Crippen molar-refractivity contribution in [1.82, 2.24) is 4.90 Å². The number of carbonyl (C=O) groups is 1. The lowest BCUT2D eigenvalue weighted by Crippen LogP contribution is -2.48. The lowest BCUT2D eigenvalue weighted by Gasteiger charge is -2.35. The summed E-state index contributed by atoms with van der Waals surface area (Å²) in [4.78, 5) is 26.8. The molecule has 0 unspecified atom stereocenters. The van der Waals surface area contributed by atoms with E-state index in [0.717, 1.165) is 42.0 Å². The van der Waals surface area contributed by atoms with E-state index in [4.69, 9.17) is 0 Å². The molecule has 136 valence electrons. The molecular weight excluding hydrogens is 400 g/mol. The Morgan fingerprint density at radius 1 is 1.08 bits per heavy atom. The van der Waals surface area contributed by atoms with Gasteiger partial charge < -0.3 is 10.2 Å². The first-order valence-electron chi connectivity index (χ1n) is 8.29. The van der Waals surface area contributed by atoms with Crippen LogP contribution in [0.25, 0.3) is 0 Å². The highest BCUT2D eigenvalue weighted by molar-refractivity contribution is 9.10. The van der Waals surface area contributed by atoms with Gasteiger partial charge in [-0.25, -0.2) is 0 Å². The van der Waals surface area contributed by atoms with Gasteiger partial charge in [-0.05, 0) is 40.2 Å². The molecule has 0 saturated carbocycles. The Morgan fingerprint density at radius 2 is 1.73 bits per heavy atom. The van der Waals surface area contributed by atoms with Gasteiger partial charge in [-0.15, -0.1) is 0 Å². The summed E-state index contributed by atoms with van der Waals surface area (Å²) in [6, 6.07) is 14.1. The maximum absolute atomic E-state index is 12.2. The lowest BCUT2D eigenvalue weighted by atomic mass is 10.2. The third-order valence-electron chi connectivity index (χ3n) is 4.31. The molecule has 1 fully saturated rings. The van der Waals surface area contributed by atoms with Crippen LogP contribution >= 0.6 is 15.9 Å². The second-order valence-electron chi connectivity index (χ2n) is 6.06. The van der Waals surface area contributed by atoms with Crippen LogP contribution in [0.4, 0.5) is 17.1 Å². The molecule has 1 aliphatic heterocycles. The molecule has 0 spiro atoms. The number of nitro groups is 1. The third kappa shape index (κ3) is 4.59. The molecule has 2 aromatic rings. The summed E-state index contributed by atoms with van der Waals surface area (Å²) in [5.74, 6) is -0.0410. The number of carbonyl (C=O) groups excluding carboxylic acids is 1. The number of rotatable bonds is 5. The van der Waals surface area contributed by atoms with Crippen LogP contribution in [0.5, 0.6) is 0 Å². The van der Waals surface area contributed by atoms with E-state index in [2.05, 4.69) is 31.0 Å². The van der Waals surface area contributed by atoms with Crippen LogP contribution < -0.4 is 10.2 Å². The zero-order valence-corrected chi connectivity index (χ0v) is 15.7. The Morgan fingerprint density at radius 3 is 2.35 bits per heavy atom. The Hall–Kier alpha value is -2.45. The van der Waals surface area contributed by atoms with Crippen molar-refractivity contribution in [2.45, 2.75) is 0 Å². The first kappa shape index (κ1) is 18.3. The number of amides is 1. The molecule has 1 aliphatic rings. The van der Waals surface area contributed by atoms with Crippen LogP contribution in [0.3, 0.4) is 0 Å². The smallest absolute Gasteiger partial charge is 0.269 e. The lowest BCUT2D eigenvalue weighted by molar-refractivity contribution is -0.384. The second-order valence-corrected chi connectivity index (χ2v) is 6.92. The fourth-order valence-corrected chi connectivity index (χ4v) is 3.29. The number of halogens is 1. The number of para-hydroxylation sites is 1. The van der Waals surface area contributed by atoms with Gasteiger partial charge >= 0.3 is 0 Å². The van der Waals surface area contributed by atoms with E-state index in [9.17, 15) is 14.9 Å². The number of nitrogens with zero attached hydrogens (tertiary/aromatic N) is 3. The largest absolute Gasteiger partial charge is 0.369 e. The number of hydrogen-bond acceptors (Lipinski definition) is 5. The predicted molar refractivity (Wildman–Crippen MR) is 105 cm³/mol. The molecule has 8 heteroatoms. The van der Waals surface area contributed by atoms with Crippen LogP contribution in [-0.2, 0) is 4.79 Å². The summed E-state index contributed by atoms with van der Waals surface area (Å²) in [6.07, 6.45) is 0. The fourth-order valence-electron chi connectivity index (χ4n) is 2.90.